The third-order valence-electron chi connectivity index (χ3n) is 15.6. The molecule has 1 N–H and O–H groups in total. The summed E-state index contributed by atoms with van der Waals surface area (Å²) >= 11 is 0. The quantitative estimate of drug-likeness (QED) is 0.0771. The number of Topliss-reactive ketones (excluding diaryl/α,β-unsaturated/α-hetero) is 2. The maximum Gasteiger partial charge on any atom is 0.192 e. The van der Waals surface area contributed by atoms with Gasteiger partial charge in [-0.15, -0.1) is 0 Å². The van der Waals surface area contributed by atoms with E-state index in [0.29, 0.717) is 62.6 Å². The molecule has 6 fully saturated rings. The van der Waals surface area contributed by atoms with Crippen LogP contribution in [0.3, 0.4) is 0 Å². The minimum atomic E-state index is -0.811. The van der Waals surface area contributed by atoms with Crippen molar-refractivity contribution in [3.05, 3.63) is 112 Å². The van der Waals surface area contributed by atoms with E-state index in [1.807, 2.05) is 80.8 Å². The molecule has 0 amide bonds. The van der Waals surface area contributed by atoms with Crippen LogP contribution < -0.4 is 0 Å². The fourth-order valence-corrected chi connectivity index (χ4v) is 11.3. The van der Waals surface area contributed by atoms with E-state index >= 15 is 0 Å². The van der Waals surface area contributed by atoms with Crippen LogP contribution in [-0.2, 0) is 50.4 Å². The van der Waals surface area contributed by atoms with Gasteiger partial charge in [-0.05, 0) is 89.5 Å². The van der Waals surface area contributed by atoms with Crippen LogP contribution in [0.4, 0.5) is 0 Å². The highest BCUT2D eigenvalue weighted by atomic mass is 16.7. The Bertz CT molecular complexity index is 2260. The lowest BCUT2D eigenvalue weighted by molar-refractivity contribution is -0.150. The summed E-state index contributed by atoms with van der Waals surface area (Å²) in [7, 11) is 0. The van der Waals surface area contributed by atoms with E-state index in [4.69, 9.17) is 32.9 Å². The summed E-state index contributed by atoms with van der Waals surface area (Å²) in [5, 5.41) is 14.3. The number of carbonyl (C=O) groups excluding carboxylic acids is 3. The van der Waals surface area contributed by atoms with Gasteiger partial charge in [-0.1, -0.05) is 136 Å². The molecule has 4 aromatic rings. The number of hydrogen-bond donors (Lipinski definition) is 1. The van der Waals surface area contributed by atoms with Crippen LogP contribution in [0.25, 0.3) is 11.3 Å². The van der Waals surface area contributed by atoms with Crippen LogP contribution in [-0.4, -0.2) is 74.0 Å². The summed E-state index contributed by atoms with van der Waals surface area (Å²) in [4.78, 5) is 37.5. The third-order valence-corrected chi connectivity index (χ3v) is 15.6. The van der Waals surface area contributed by atoms with Crippen molar-refractivity contribution < 1.29 is 52.4 Å². The maximum atomic E-state index is 13.3. The van der Waals surface area contributed by atoms with E-state index < -0.39 is 29.4 Å². The second kappa shape index (κ2) is 23.9. The van der Waals surface area contributed by atoms with Gasteiger partial charge in [0.15, 0.2) is 29.4 Å². The Morgan fingerprint density at radius 3 is 1.54 bits per heavy atom. The summed E-state index contributed by atoms with van der Waals surface area (Å²) in [6.45, 7) is 10.9. The first-order chi connectivity index (χ1) is 33.9. The predicted octanol–water partition coefficient (Wildman–Crippen LogP) is 11.8. The molecule has 70 heavy (non-hydrogen) atoms. The fraction of sp³-hybridized carbons (Fsp3) is 0.586. The van der Waals surface area contributed by atoms with Crippen molar-refractivity contribution >= 4 is 17.9 Å². The van der Waals surface area contributed by atoms with Crippen molar-refractivity contribution in [3.63, 3.8) is 0 Å². The molecule has 2 unspecified atom stereocenters. The molecule has 0 spiro atoms. The topological polar surface area (TPSA) is 153 Å². The monoisotopic (exact) mass is 962 g/mol. The van der Waals surface area contributed by atoms with Gasteiger partial charge in [0.1, 0.15) is 18.2 Å². The minimum Gasteiger partial charge on any atom is -0.386 e. The molecule has 10 rings (SSSR count). The molecule has 3 aromatic carbocycles. The van der Waals surface area contributed by atoms with Gasteiger partial charge in [-0.3, -0.25) is 9.59 Å². The van der Waals surface area contributed by atoms with Gasteiger partial charge in [0.25, 0.3) is 0 Å². The molecule has 1 aromatic heterocycles. The predicted molar refractivity (Wildman–Crippen MR) is 265 cm³/mol. The molecule has 3 saturated carbocycles. The fourth-order valence-electron chi connectivity index (χ4n) is 11.3. The molecule has 2 atom stereocenters. The van der Waals surface area contributed by atoms with Crippen LogP contribution in [0.2, 0.25) is 0 Å². The lowest BCUT2D eigenvalue weighted by Gasteiger charge is -2.32. The Morgan fingerprint density at radius 2 is 1.07 bits per heavy atom. The minimum absolute atomic E-state index is 0.0585. The van der Waals surface area contributed by atoms with Crippen molar-refractivity contribution in [2.75, 3.05) is 39.6 Å². The molecule has 12 nitrogen and oxygen atoms in total. The highest BCUT2D eigenvalue weighted by Gasteiger charge is 2.41. The maximum absolute atomic E-state index is 13.3. The molecule has 0 radical (unpaired) electrons. The standard InChI is InChI=1S/C21H28O5.C19H24O4.C18H23NO2/c1-21(25-13-14-26-21)17-9-7-16(8-10-17)19(22)18(20-23-11-12-24-20)15-5-3-2-4-6-15;1-19(22-11-12-23-19)16-9-7-15(8-10-16)18(21)17(13-20)14-5-3-2-4-6-14;1-18(2,20)15-10-8-14(9-11-15)17-16(12-21-19-17)13-6-4-3-5-7-13/h7-10,15,18,20H,2-6,11-14H2,1H3;7-10,13-14,17H,2-6,11-12H2,1H3;8-13,20H,3-7H2,1-2H3. The number of aromatic nitrogens is 1. The summed E-state index contributed by atoms with van der Waals surface area (Å²) in [5.74, 6) is -0.948. The van der Waals surface area contributed by atoms with Gasteiger partial charge in [-0.2, -0.15) is 0 Å². The first kappa shape index (κ1) is 51.9. The summed E-state index contributed by atoms with van der Waals surface area (Å²) < 4.78 is 39.4. The number of ether oxygens (including phenoxy) is 6. The second-order valence-corrected chi connectivity index (χ2v) is 20.9. The molecule has 3 saturated heterocycles. The van der Waals surface area contributed by atoms with Crippen molar-refractivity contribution in [1.82, 2.24) is 5.16 Å². The number of benzene rings is 3. The number of nitrogens with zero attached hydrogens (tertiary/aromatic N) is 1. The summed E-state index contributed by atoms with van der Waals surface area (Å²) in [6, 6.07) is 22.9. The average molecular weight is 962 g/mol. The molecule has 3 aliphatic carbocycles. The number of ketones is 2. The van der Waals surface area contributed by atoms with Gasteiger partial charge in [0, 0.05) is 33.4 Å². The average Bonchev–Trinajstić information content (AvgIpc) is 4.26. The number of rotatable bonds is 13. The Hall–Kier alpha value is -4.40. The van der Waals surface area contributed by atoms with Gasteiger partial charge in [-0.25, -0.2) is 0 Å². The molecule has 12 heteroatoms. The number of aldehydes is 1. The van der Waals surface area contributed by atoms with Gasteiger partial charge in [0.2, 0.25) is 0 Å². The molecule has 3 aliphatic heterocycles. The highest BCUT2D eigenvalue weighted by Crippen LogP contribution is 2.40. The van der Waals surface area contributed by atoms with E-state index in [2.05, 4.69) is 5.16 Å². The van der Waals surface area contributed by atoms with E-state index in [1.54, 1.807) is 26.0 Å². The Labute approximate surface area is 414 Å². The summed E-state index contributed by atoms with van der Waals surface area (Å²) in [5.41, 5.74) is 6.51. The molecular formula is C58H75NO11. The number of carbonyl (C=O) groups is 3. The Kier molecular flexibility index (Phi) is 17.7. The second-order valence-electron chi connectivity index (χ2n) is 20.9. The van der Waals surface area contributed by atoms with E-state index in [1.165, 1.54) is 63.4 Å². The first-order valence-corrected chi connectivity index (χ1v) is 26.2. The lowest BCUT2D eigenvalue weighted by Crippen LogP contribution is -2.36. The van der Waals surface area contributed by atoms with Crippen LogP contribution in [0.15, 0.2) is 83.6 Å². The van der Waals surface area contributed by atoms with Gasteiger partial charge < -0.3 is 42.8 Å². The first-order valence-electron chi connectivity index (χ1n) is 26.2. The molecule has 4 heterocycles. The zero-order chi connectivity index (χ0) is 49.1. The Balaban J connectivity index is 0.000000142. The SMILES string of the molecule is CC(C)(O)c1ccc(-c2nocc2C2CCCCC2)cc1.CC1(c2ccc(C(=O)C(C3CCCCC3)C3OCCO3)cc2)OCCO1.CC1(c2ccc(C(=O)C(C=O)C3CCCCC3)cc2)OCCO1. The largest absolute Gasteiger partial charge is 0.386 e. The van der Waals surface area contributed by atoms with Crippen LogP contribution >= 0.6 is 0 Å². The van der Waals surface area contributed by atoms with E-state index in [0.717, 1.165) is 72.8 Å². The van der Waals surface area contributed by atoms with Crippen molar-refractivity contribution in [3.8, 4) is 11.3 Å². The zero-order valence-corrected chi connectivity index (χ0v) is 41.9. The summed E-state index contributed by atoms with van der Waals surface area (Å²) in [6.07, 6.45) is 19.9. The molecule has 378 valence electrons. The highest BCUT2D eigenvalue weighted by molar-refractivity contribution is 6.05. The van der Waals surface area contributed by atoms with E-state index in [-0.39, 0.29) is 23.4 Å². The molecular weight excluding hydrogens is 887 g/mol. The molecule has 6 aliphatic rings. The third kappa shape index (κ3) is 12.6. The van der Waals surface area contributed by atoms with Gasteiger partial charge in [0.05, 0.1) is 57.1 Å². The van der Waals surface area contributed by atoms with Crippen LogP contribution in [0.5, 0.6) is 0 Å². The van der Waals surface area contributed by atoms with Crippen molar-refractivity contribution in [2.24, 2.45) is 23.7 Å². The number of hydrogen-bond acceptors (Lipinski definition) is 12. The normalized spacial score (nSPS) is 22.0. The smallest absolute Gasteiger partial charge is 0.192 e. The van der Waals surface area contributed by atoms with Gasteiger partial charge >= 0.3 is 0 Å². The lowest BCUT2D eigenvalue weighted by atomic mass is 9.76. The van der Waals surface area contributed by atoms with E-state index in [9.17, 15) is 19.5 Å². The molecule has 0 bridgehead atoms. The van der Waals surface area contributed by atoms with Crippen LogP contribution in [0.1, 0.15) is 173 Å². The van der Waals surface area contributed by atoms with Crippen molar-refractivity contribution in [2.45, 2.75) is 153 Å². The number of aliphatic hydroxyl groups is 1. The Morgan fingerprint density at radius 1 is 0.614 bits per heavy atom. The van der Waals surface area contributed by atoms with Crippen molar-refractivity contribution in [1.29, 1.82) is 0 Å². The zero-order valence-electron chi connectivity index (χ0n) is 41.9. The van der Waals surface area contributed by atoms with Crippen LogP contribution in [0, 0.1) is 23.7 Å².